The first-order chi connectivity index (χ1) is 22.7. The van der Waals surface area contributed by atoms with Crippen LogP contribution in [0.4, 0.5) is 22.0 Å². The Morgan fingerprint density at radius 2 is 1.19 bits per heavy atom. The van der Waals surface area contributed by atoms with Gasteiger partial charge in [0.05, 0.1) is 4.90 Å². The van der Waals surface area contributed by atoms with Crippen molar-refractivity contribution in [1.29, 1.82) is 0 Å². The minimum absolute atomic E-state index is 0.341. The lowest BCUT2D eigenvalue weighted by Crippen LogP contribution is -3.09. The second kappa shape index (κ2) is 14.6. The van der Waals surface area contributed by atoms with Gasteiger partial charge in [-0.1, -0.05) is 48.5 Å². The Bertz CT molecular complexity index is 2130. The van der Waals surface area contributed by atoms with Crippen LogP contribution in [0.5, 0.6) is 0 Å². The van der Waals surface area contributed by atoms with E-state index in [4.69, 9.17) is 4.18 Å². The molecule has 252 valence electrons. The smallest absolute Gasteiger partial charge is 0.331 e. The molecule has 7 nitrogen and oxygen atoms in total. The highest BCUT2D eigenvalue weighted by atomic mass is 127. The summed E-state index contributed by atoms with van der Waals surface area (Å²) in [5.74, 6) is -13.2. The number of nitrogens with one attached hydrogen (secondary N) is 1. The third-order valence-electron chi connectivity index (χ3n) is 6.95. The zero-order valence-electron chi connectivity index (χ0n) is 24.2. The maximum absolute atomic E-state index is 14.1. The number of rotatable bonds is 11. The van der Waals surface area contributed by atoms with E-state index in [0.29, 0.717) is 14.7 Å². The molecule has 1 N–H and O–H groups in total. The summed E-state index contributed by atoms with van der Waals surface area (Å²) in [6, 6.07) is 31.6. The largest absolute Gasteiger partial charge is 0.618 e. The molecular weight excluding hydrogens is 812 g/mol. The molecule has 0 heterocycles. The van der Waals surface area contributed by atoms with Gasteiger partial charge in [-0.25, -0.2) is 22.0 Å². The van der Waals surface area contributed by atoms with Gasteiger partial charge in [-0.15, -0.1) is 0 Å². The van der Waals surface area contributed by atoms with Crippen LogP contribution in [0.3, 0.4) is 0 Å². The number of hydrogen-bond donors (Lipinski definition) is 2. The van der Waals surface area contributed by atoms with E-state index >= 15 is 0 Å². The molecule has 0 radical (unpaired) electrons. The van der Waals surface area contributed by atoms with Crippen LogP contribution in [0.1, 0.15) is 0 Å². The van der Waals surface area contributed by atoms with Gasteiger partial charge in [-0.2, -0.15) is 27.7 Å². The number of benzene rings is 5. The van der Waals surface area contributed by atoms with Gasteiger partial charge in [0, 0.05) is 3.57 Å². The first kappa shape index (κ1) is 35.9. The monoisotopic (exact) mass is 835 g/mol. The fourth-order valence-electron chi connectivity index (χ4n) is 4.67. The normalized spacial score (nSPS) is 12.9. The molecule has 48 heavy (non-hydrogen) atoms. The van der Waals surface area contributed by atoms with Crippen molar-refractivity contribution in [2.24, 2.45) is 0 Å². The maximum Gasteiger partial charge on any atom is 0.331 e. The van der Waals surface area contributed by atoms with Gasteiger partial charge in [0.25, 0.3) is 10.1 Å². The number of thiol groups is 1. The van der Waals surface area contributed by atoms with E-state index in [9.17, 15) is 44.0 Å². The van der Waals surface area contributed by atoms with Crippen molar-refractivity contribution < 1.29 is 47.4 Å². The Balaban J connectivity index is 1.39. The average Bonchev–Trinajstić information content (AvgIpc) is 3.07. The van der Waals surface area contributed by atoms with Gasteiger partial charge in [0.2, 0.25) is 5.82 Å². The Labute approximate surface area is 289 Å². The van der Waals surface area contributed by atoms with Gasteiger partial charge in [0.15, 0.2) is 28.2 Å². The van der Waals surface area contributed by atoms with E-state index in [1.54, 1.807) is 0 Å². The van der Waals surface area contributed by atoms with Crippen LogP contribution in [-0.4, -0.2) is 30.0 Å². The first-order valence-electron chi connectivity index (χ1n) is 13.7. The molecule has 1 atom stereocenters. The van der Waals surface area contributed by atoms with E-state index in [-0.39, 0.29) is 4.90 Å². The van der Waals surface area contributed by atoms with E-state index < -0.39 is 82.6 Å². The molecule has 0 fully saturated rings. The van der Waals surface area contributed by atoms with Crippen LogP contribution in [-0.2, 0) is 24.3 Å². The standard InChI is InChI=1S/C32H23F5INO6S3/c33-27-28(34)30(36)32(31(37)29(27)35)47(41,42)39(40)16-17-45-48(43,44)24-14-15-26(38)25(19-24)20-8-7-13-23(18-20)46(21-9-3-1-4-10-21)22-11-5-2-6-12-22/h1-15,18-19,39,46H,16-17H2. The number of quaternary nitrogens is 1. The number of halogens is 6. The minimum atomic E-state index is -5.75. The number of hydrogen-bond acceptors (Lipinski definition) is 6. The molecule has 5 aromatic rings. The van der Waals surface area contributed by atoms with Crippen LogP contribution < -0.4 is 4.47 Å². The van der Waals surface area contributed by atoms with Crippen LogP contribution in [0.15, 0.2) is 128 Å². The predicted octanol–water partition coefficient (Wildman–Crippen LogP) is 6.61. The molecule has 0 aliphatic carbocycles. The van der Waals surface area contributed by atoms with Gasteiger partial charge in [0.1, 0.15) is 13.2 Å². The SMILES string of the molecule is O=S(=O)(OCC[NH+]([O-])S(=O)(=O)c1c(F)c(F)c(F)c(F)c1F)c1ccc(I)c(-c2cccc([SH](c3ccccc3)c3ccccc3)c2)c1. The van der Waals surface area contributed by atoms with Crippen LogP contribution in [0.2, 0.25) is 0 Å². The van der Waals surface area contributed by atoms with Crippen molar-refractivity contribution in [3.05, 3.63) is 141 Å². The summed E-state index contributed by atoms with van der Waals surface area (Å²) in [5, 5.41) is 12.3. The average molecular weight is 836 g/mol. The summed E-state index contributed by atoms with van der Waals surface area (Å²) in [6.07, 6.45) is 0. The fraction of sp³-hybridized carbons (Fsp3) is 0.0625. The molecule has 0 aromatic heterocycles. The summed E-state index contributed by atoms with van der Waals surface area (Å²) < 4.78 is 123. The van der Waals surface area contributed by atoms with Gasteiger partial charge < -0.3 is 5.21 Å². The second-order valence-electron chi connectivity index (χ2n) is 10.00. The molecule has 5 rings (SSSR count). The van der Waals surface area contributed by atoms with Crippen molar-refractivity contribution in [3.63, 3.8) is 0 Å². The van der Waals surface area contributed by atoms with E-state index in [2.05, 4.69) is 0 Å². The molecule has 0 bridgehead atoms. The summed E-state index contributed by atoms with van der Waals surface area (Å²) in [6.45, 7) is -2.38. The zero-order valence-corrected chi connectivity index (χ0v) is 28.9. The lowest BCUT2D eigenvalue weighted by molar-refractivity contribution is -0.708. The number of sulfonamides is 1. The zero-order chi connectivity index (χ0) is 34.8. The van der Waals surface area contributed by atoms with E-state index in [1.165, 1.54) is 18.2 Å². The Morgan fingerprint density at radius 3 is 1.75 bits per heavy atom. The third kappa shape index (κ3) is 7.29. The van der Waals surface area contributed by atoms with Crippen LogP contribution in [0.25, 0.3) is 11.1 Å². The quantitative estimate of drug-likeness (QED) is 0.0296. The van der Waals surface area contributed by atoms with Crippen LogP contribution in [0, 0.1) is 37.9 Å². The van der Waals surface area contributed by atoms with Crippen LogP contribution >= 0.6 is 33.5 Å². The van der Waals surface area contributed by atoms with Crippen molar-refractivity contribution in [1.82, 2.24) is 0 Å². The third-order valence-corrected chi connectivity index (χ3v) is 13.3. The summed E-state index contributed by atoms with van der Waals surface area (Å²) >= 11 is 2.04. The van der Waals surface area contributed by atoms with Gasteiger partial charge >= 0.3 is 10.0 Å². The summed E-state index contributed by atoms with van der Waals surface area (Å²) in [4.78, 5) is 0.527. The van der Waals surface area contributed by atoms with Crippen molar-refractivity contribution in [3.8, 4) is 11.1 Å². The molecule has 0 aliphatic heterocycles. The molecule has 0 saturated carbocycles. The molecule has 0 saturated heterocycles. The van der Waals surface area contributed by atoms with Gasteiger partial charge in [-0.05, 0) is 103 Å². The molecule has 0 aliphatic rings. The predicted molar refractivity (Wildman–Crippen MR) is 177 cm³/mol. The first-order valence-corrected chi connectivity index (χ1v) is 19.0. The van der Waals surface area contributed by atoms with Crippen molar-refractivity contribution >= 4 is 53.6 Å². The molecule has 0 spiro atoms. The molecule has 1 unspecified atom stereocenters. The Hall–Kier alpha value is -3.39. The van der Waals surface area contributed by atoms with Crippen molar-refractivity contribution in [2.45, 2.75) is 24.5 Å². The molecular formula is C32H23F5INO6S3. The molecule has 0 amide bonds. The Morgan fingerprint density at radius 1 is 0.667 bits per heavy atom. The second-order valence-corrected chi connectivity index (χ2v) is 16.9. The van der Waals surface area contributed by atoms with Gasteiger partial charge in [-0.3, -0.25) is 8.65 Å². The summed E-state index contributed by atoms with van der Waals surface area (Å²) in [5.41, 5.74) is 1.22. The molecule has 16 heteroatoms. The lowest BCUT2D eigenvalue weighted by Gasteiger charge is -2.24. The van der Waals surface area contributed by atoms with Crippen molar-refractivity contribution in [2.75, 3.05) is 13.2 Å². The Kier molecular flexibility index (Phi) is 10.9. The summed E-state index contributed by atoms with van der Waals surface area (Å²) in [7, 11) is -11.4. The lowest BCUT2D eigenvalue weighted by atomic mass is 10.1. The fourth-order valence-corrected chi connectivity index (χ4v) is 9.82. The van der Waals surface area contributed by atoms with E-state index in [0.717, 1.165) is 14.7 Å². The van der Waals surface area contributed by atoms with E-state index in [1.807, 2.05) is 108 Å². The highest BCUT2D eigenvalue weighted by molar-refractivity contribution is 14.1. The maximum atomic E-state index is 14.1. The highest BCUT2D eigenvalue weighted by Gasteiger charge is 2.37. The topological polar surface area (TPSA) is 105 Å². The molecule has 5 aromatic carbocycles. The highest BCUT2D eigenvalue weighted by Crippen LogP contribution is 2.51. The number of hydroxylamine groups is 1. The minimum Gasteiger partial charge on any atom is -0.618 e.